The predicted molar refractivity (Wildman–Crippen MR) is 109 cm³/mol. The van der Waals surface area contributed by atoms with Crippen molar-refractivity contribution in [2.75, 3.05) is 5.43 Å². The van der Waals surface area contributed by atoms with Crippen LogP contribution in [0.25, 0.3) is 0 Å². The number of phenolic OH excluding ortho intramolecular Hbond substituents is 1. The van der Waals surface area contributed by atoms with Crippen LogP contribution >= 0.6 is 0 Å². The number of ether oxygens (including phenoxy) is 1. The number of phenols is 1. The Morgan fingerprint density at radius 1 is 1.00 bits per heavy atom. The summed E-state index contributed by atoms with van der Waals surface area (Å²) in [5, 5.41) is 14.3. The van der Waals surface area contributed by atoms with Crippen molar-refractivity contribution in [3.05, 3.63) is 90.0 Å². The maximum Gasteiger partial charge on any atom is 0.319 e. The average molecular weight is 372 g/mol. The van der Waals surface area contributed by atoms with Crippen molar-refractivity contribution >= 4 is 17.4 Å². The van der Waals surface area contributed by atoms with E-state index in [1.165, 1.54) is 0 Å². The van der Waals surface area contributed by atoms with Crippen molar-refractivity contribution in [3.8, 4) is 11.5 Å². The molecule has 0 unspecified atom stereocenters. The number of esters is 1. The molecule has 4 rings (SSSR count). The third-order valence-corrected chi connectivity index (χ3v) is 4.89. The van der Waals surface area contributed by atoms with Crippen LogP contribution in [0.1, 0.15) is 24.0 Å². The van der Waals surface area contributed by atoms with Crippen LogP contribution in [0.3, 0.4) is 0 Å². The molecule has 3 aromatic carbocycles. The Labute approximate surface area is 163 Å². The molecule has 0 aliphatic carbocycles. The summed E-state index contributed by atoms with van der Waals surface area (Å²) in [4.78, 5) is 12.6. The Morgan fingerprint density at radius 2 is 1.68 bits per heavy atom. The van der Waals surface area contributed by atoms with Gasteiger partial charge in [0.2, 0.25) is 0 Å². The van der Waals surface area contributed by atoms with Gasteiger partial charge in [-0.1, -0.05) is 43.3 Å². The molecule has 0 bridgehead atoms. The second-order valence-electron chi connectivity index (χ2n) is 6.75. The van der Waals surface area contributed by atoms with E-state index in [9.17, 15) is 9.90 Å². The van der Waals surface area contributed by atoms with Gasteiger partial charge < -0.3 is 9.84 Å². The summed E-state index contributed by atoms with van der Waals surface area (Å²) in [6.07, 6.45) is 0. The first-order valence-corrected chi connectivity index (χ1v) is 9.12. The van der Waals surface area contributed by atoms with E-state index in [0.717, 1.165) is 16.8 Å². The normalized spacial score (nSPS) is 17.0. The SMILES string of the molecule is C[C@@H](/C(=N\Nc1ccccc1)c1ccc(O)cc1)[C@H]1C(=O)Oc2ccccc21. The van der Waals surface area contributed by atoms with Gasteiger partial charge in [0.25, 0.3) is 0 Å². The first kappa shape index (κ1) is 17.8. The molecule has 1 heterocycles. The van der Waals surface area contributed by atoms with Crippen molar-refractivity contribution < 1.29 is 14.6 Å². The zero-order chi connectivity index (χ0) is 19.5. The maximum atomic E-state index is 12.6. The molecular weight excluding hydrogens is 352 g/mol. The summed E-state index contributed by atoms with van der Waals surface area (Å²) in [7, 11) is 0. The molecule has 1 aliphatic heterocycles. The van der Waals surface area contributed by atoms with Crippen LogP contribution in [0.15, 0.2) is 84.0 Å². The van der Waals surface area contributed by atoms with Crippen molar-refractivity contribution in [2.24, 2.45) is 11.0 Å². The van der Waals surface area contributed by atoms with Crippen LogP contribution in [0.4, 0.5) is 5.69 Å². The second kappa shape index (κ2) is 7.56. The number of hydrazone groups is 1. The minimum Gasteiger partial charge on any atom is -0.508 e. The zero-order valence-corrected chi connectivity index (χ0v) is 15.4. The quantitative estimate of drug-likeness (QED) is 0.298. The van der Waals surface area contributed by atoms with Crippen molar-refractivity contribution in [1.82, 2.24) is 0 Å². The number of nitrogens with zero attached hydrogens (tertiary/aromatic N) is 1. The Bertz CT molecular complexity index is 1010. The molecule has 5 heteroatoms. The molecular formula is C23H20N2O3. The molecule has 140 valence electrons. The highest BCUT2D eigenvalue weighted by molar-refractivity contribution is 6.06. The number of aromatic hydroxyl groups is 1. The van der Waals surface area contributed by atoms with E-state index in [0.29, 0.717) is 11.5 Å². The largest absolute Gasteiger partial charge is 0.508 e. The van der Waals surface area contributed by atoms with Gasteiger partial charge in [0.1, 0.15) is 11.5 Å². The number of fused-ring (bicyclic) bond motifs is 1. The van der Waals surface area contributed by atoms with E-state index in [1.54, 1.807) is 30.3 Å². The fraction of sp³-hybridized carbons (Fsp3) is 0.130. The monoisotopic (exact) mass is 372 g/mol. The minimum absolute atomic E-state index is 0.178. The highest BCUT2D eigenvalue weighted by Gasteiger charge is 2.39. The smallest absolute Gasteiger partial charge is 0.319 e. The Balaban J connectivity index is 1.72. The third kappa shape index (κ3) is 3.47. The lowest BCUT2D eigenvalue weighted by Crippen LogP contribution is -2.26. The molecule has 0 saturated carbocycles. The van der Waals surface area contributed by atoms with Gasteiger partial charge in [-0.3, -0.25) is 10.2 Å². The molecule has 0 amide bonds. The van der Waals surface area contributed by atoms with Crippen LogP contribution in [-0.2, 0) is 4.79 Å². The molecule has 3 aromatic rings. The fourth-order valence-corrected chi connectivity index (χ4v) is 3.46. The van der Waals surface area contributed by atoms with Gasteiger partial charge >= 0.3 is 5.97 Å². The molecule has 0 aromatic heterocycles. The molecule has 0 saturated heterocycles. The molecule has 0 fully saturated rings. The highest BCUT2D eigenvalue weighted by Crippen LogP contribution is 2.40. The summed E-state index contributed by atoms with van der Waals surface area (Å²) in [6.45, 7) is 1.96. The number of para-hydroxylation sites is 2. The first-order chi connectivity index (χ1) is 13.6. The molecule has 2 N–H and O–H groups in total. The summed E-state index contributed by atoms with van der Waals surface area (Å²) in [5.74, 6) is -0.180. The topological polar surface area (TPSA) is 70.9 Å². The Morgan fingerprint density at radius 3 is 2.43 bits per heavy atom. The van der Waals surface area contributed by atoms with Gasteiger partial charge in [0.05, 0.1) is 17.3 Å². The zero-order valence-electron chi connectivity index (χ0n) is 15.4. The number of hydrogen-bond donors (Lipinski definition) is 2. The lowest BCUT2D eigenvalue weighted by atomic mass is 9.83. The Hall–Kier alpha value is -3.60. The van der Waals surface area contributed by atoms with Gasteiger partial charge in [-0.2, -0.15) is 5.10 Å². The number of rotatable bonds is 5. The summed E-state index contributed by atoms with van der Waals surface area (Å²) in [5.41, 5.74) is 6.32. The van der Waals surface area contributed by atoms with E-state index in [-0.39, 0.29) is 17.6 Å². The second-order valence-corrected chi connectivity index (χ2v) is 6.75. The van der Waals surface area contributed by atoms with Gasteiger partial charge in [-0.05, 0) is 48.0 Å². The molecule has 5 nitrogen and oxygen atoms in total. The lowest BCUT2D eigenvalue weighted by molar-refractivity contribution is -0.134. The standard InChI is InChI=1S/C23H20N2O3/c1-15(21-19-9-5-6-10-20(19)28-23(21)27)22(16-11-13-18(26)14-12-16)25-24-17-7-3-2-4-8-17/h2-15,21,24,26H,1H3/b25-22+/t15-,21-/m1/s1. The van der Waals surface area contributed by atoms with Crippen LogP contribution in [0, 0.1) is 5.92 Å². The molecule has 2 atom stereocenters. The number of nitrogens with one attached hydrogen (secondary N) is 1. The van der Waals surface area contributed by atoms with Crippen LogP contribution in [-0.4, -0.2) is 16.8 Å². The summed E-state index contributed by atoms with van der Waals surface area (Å²) < 4.78 is 5.45. The summed E-state index contributed by atoms with van der Waals surface area (Å²) in [6, 6.07) is 23.9. The first-order valence-electron chi connectivity index (χ1n) is 9.12. The van der Waals surface area contributed by atoms with Crippen molar-refractivity contribution in [2.45, 2.75) is 12.8 Å². The molecule has 1 aliphatic rings. The number of carbonyl (C=O) groups is 1. The average Bonchev–Trinajstić information content (AvgIpc) is 3.05. The number of carbonyl (C=O) groups excluding carboxylic acids is 1. The van der Waals surface area contributed by atoms with Gasteiger partial charge in [0, 0.05) is 11.5 Å². The highest BCUT2D eigenvalue weighted by atomic mass is 16.5. The maximum absolute atomic E-state index is 12.6. The van der Waals surface area contributed by atoms with Crippen molar-refractivity contribution in [1.29, 1.82) is 0 Å². The fourth-order valence-electron chi connectivity index (χ4n) is 3.46. The predicted octanol–water partition coefficient (Wildman–Crippen LogP) is 4.55. The van der Waals surface area contributed by atoms with E-state index in [1.807, 2.05) is 55.5 Å². The number of hydrogen-bond acceptors (Lipinski definition) is 5. The van der Waals surface area contributed by atoms with Crippen molar-refractivity contribution in [3.63, 3.8) is 0 Å². The Kier molecular flexibility index (Phi) is 4.81. The van der Waals surface area contributed by atoms with Crippen LogP contribution in [0.5, 0.6) is 11.5 Å². The minimum atomic E-state index is -0.443. The molecule has 0 radical (unpaired) electrons. The van der Waals surface area contributed by atoms with Crippen LogP contribution in [0.2, 0.25) is 0 Å². The van der Waals surface area contributed by atoms with E-state index in [2.05, 4.69) is 10.5 Å². The van der Waals surface area contributed by atoms with Gasteiger partial charge in [-0.25, -0.2) is 0 Å². The van der Waals surface area contributed by atoms with E-state index < -0.39 is 5.92 Å². The molecule has 28 heavy (non-hydrogen) atoms. The third-order valence-electron chi connectivity index (χ3n) is 4.89. The van der Waals surface area contributed by atoms with E-state index in [4.69, 9.17) is 4.74 Å². The van der Waals surface area contributed by atoms with Gasteiger partial charge in [-0.15, -0.1) is 0 Å². The number of anilines is 1. The van der Waals surface area contributed by atoms with Gasteiger partial charge in [0.15, 0.2) is 0 Å². The molecule has 0 spiro atoms. The summed E-state index contributed by atoms with van der Waals surface area (Å²) >= 11 is 0. The number of benzene rings is 3. The van der Waals surface area contributed by atoms with Crippen LogP contribution < -0.4 is 10.2 Å². The lowest BCUT2D eigenvalue weighted by Gasteiger charge is -2.20. The van der Waals surface area contributed by atoms with E-state index >= 15 is 0 Å².